The number of fused-ring (bicyclic) bond motifs is 1. The standard InChI is InChI=1S/C15H19NO2/c1-4-9-16(3)15(17)11(2)14-10-12-7-5-6-8-13(12)18-14/h5-8,10-11H,4,9H2,1-3H3/t11-/m0/s1. The Balaban J connectivity index is 2.22. The van der Waals surface area contributed by atoms with Crippen molar-refractivity contribution < 1.29 is 9.21 Å². The number of carbonyl (C=O) groups excluding carboxylic acids is 1. The van der Waals surface area contributed by atoms with E-state index < -0.39 is 0 Å². The van der Waals surface area contributed by atoms with Crippen LogP contribution in [0.2, 0.25) is 0 Å². The van der Waals surface area contributed by atoms with Crippen LogP contribution in [-0.4, -0.2) is 24.4 Å². The fourth-order valence-corrected chi connectivity index (χ4v) is 2.11. The first-order chi connectivity index (χ1) is 8.63. The number of carbonyl (C=O) groups is 1. The Labute approximate surface area is 107 Å². The Kier molecular flexibility index (Phi) is 3.70. The van der Waals surface area contributed by atoms with Gasteiger partial charge in [0.05, 0.1) is 5.92 Å². The minimum absolute atomic E-state index is 0.107. The number of benzene rings is 1. The van der Waals surface area contributed by atoms with Gasteiger partial charge in [-0.2, -0.15) is 0 Å². The zero-order valence-electron chi connectivity index (χ0n) is 11.1. The molecule has 0 aliphatic carbocycles. The summed E-state index contributed by atoms with van der Waals surface area (Å²) in [6.07, 6.45) is 0.967. The van der Waals surface area contributed by atoms with Crippen molar-refractivity contribution >= 4 is 16.9 Å². The van der Waals surface area contributed by atoms with Crippen molar-refractivity contribution in [3.63, 3.8) is 0 Å². The van der Waals surface area contributed by atoms with E-state index >= 15 is 0 Å². The van der Waals surface area contributed by atoms with Gasteiger partial charge >= 0.3 is 0 Å². The molecular formula is C15H19NO2. The lowest BCUT2D eigenvalue weighted by atomic mass is 10.1. The highest BCUT2D eigenvalue weighted by Gasteiger charge is 2.22. The molecular weight excluding hydrogens is 226 g/mol. The first kappa shape index (κ1) is 12.7. The lowest BCUT2D eigenvalue weighted by molar-refractivity contribution is -0.131. The molecule has 18 heavy (non-hydrogen) atoms. The predicted molar refractivity (Wildman–Crippen MR) is 72.6 cm³/mol. The quantitative estimate of drug-likeness (QED) is 0.827. The molecule has 0 spiro atoms. The van der Waals surface area contributed by atoms with Crippen molar-refractivity contribution in [2.24, 2.45) is 0 Å². The first-order valence-corrected chi connectivity index (χ1v) is 6.37. The number of nitrogens with zero attached hydrogens (tertiary/aromatic N) is 1. The summed E-state index contributed by atoms with van der Waals surface area (Å²) in [5, 5.41) is 1.05. The zero-order chi connectivity index (χ0) is 13.1. The van der Waals surface area contributed by atoms with E-state index in [1.54, 1.807) is 4.90 Å². The zero-order valence-corrected chi connectivity index (χ0v) is 11.1. The minimum atomic E-state index is -0.228. The van der Waals surface area contributed by atoms with Crippen molar-refractivity contribution in [3.8, 4) is 0 Å². The maximum atomic E-state index is 12.2. The van der Waals surface area contributed by atoms with Crippen LogP contribution >= 0.6 is 0 Å². The van der Waals surface area contributed by atoms with Gasteiger partial charge in [-0.1, -0.05) is 25.1 Å². The van der Waals surface area contributed by atoms with Gasteiger partial charge in [0.1, 0.15) is 11.3 Å². The number of likely N-dealkylation sites (N-methyl/N-ethyl adjacent to an activating group) is 1. The van der Waals surface area contributed by atoms with Crippen LogP contribution in [0.5, 0.6) is 0 Å². The van der Waals surface area contributed by atoms with E-state index in [0.29, 0.717) is 0 Å². The van der Waals surface area contributed by atoms with E-state index in [1.165, 1.54) is 0 Å². The van der Waals surface area contributed by atoms with E-state index in [4.69, 9.17) is 4.42 Å². The molecule has 0 unspecified atom stereocenters. The Bertz CT molecular complexity index is 511. The van der Waals surface area contributed by atoms with Gasteiger partial charge < -0.3 is 9.32 Å². The lowest BCUT2D eigenvalue weighted by Crippen LogP contribution is -2.31. The second-order valence-electron chi connectivity index (χ2n) is 4.67. The highest BCUT2D eigenvalue weighted by atomic mass is 16.3. The third kappa shape index (κ3) is 2.40. The molecule has 2 rings (SSSR count). The van der Waals surface area contributed by atoms with Gasteiger partial charge in [-0.25, -0.2) is 0 Å². The molecule has 0 saturated heterocycles. The summed E-state index contributed by atoms with van der Waals surface area (Å²) in [5.41, 5.74) is 0.838. The summed E-state index contributed by atoms with van der Waals surface area (Å²) >= 11 is 0. The molecule has 0 fully saturated rings. The van der Waals surface area contributed by atoms with Gasteiger partial charge in [0.2, 0.25) is 5.91 Å². The van der Waals surface area contributed by atoms with Crippen LogP contribution in [0.25, 0.3) is 11.0 Å². The topological polar surface area (TPSA) is 33.5 Å². The Morgan fingerprint density at radius 3 is 2.78 bits per heavy atom. The second kappa shape index (κ2) is 5.25. The summed E-state index contributed by atoms with van der Waals surface area (Å²) in [5.74, 6) is 0.619. The Morgan fingerprint density at radius 1 is 1.39 bits per heavy atom. The lowest BCUT2D eigenvalue weighted by Gasteiger charge is -2.19. The van der Waals surface area contributed by atoms with E-state index in [-0.39, 0.29) is 11.8 Å². The summed E-state index contributed by atoms with van der Waals surface area (Å²) in [4.78, 5) is 13.9. The van der Waals surface area contributed by atoms with Crippen molar-refractivity contribution in [1.29, 1.82) is 0 Å². The largest absolute Gasteiger partial charge is 0.460 e. The summed E-state index contributed by atoms with van der Waals surface area (Å²) < 4.78 is 5.73. The number of hydrogen-bond donors (Lipinski definition) is 0. The molecule has 3 heteroatoms. The van der Waals surface area contributed by atoms with Crippen LogP contribution in [0.1, 0.15) is 31.9 Å². The van der Waals surface area contributed by atoms with Gasteiger partial charge in [-0.3, -0.25) is 4.79 Å². The van der Waals surface area contributed by atoms with Crippen LogP contribution in [0.4, 0.5) is 0 Å². The molecule has 0 saturated carbocycles. The average molecular weight is 245 g/mol. The van der Waals surface area contributed by atoms with Gasteiger partial charge in [0.15, 0.2) is 0 Å². The Morgan fingerprint density at radius 2 is 2.11 bits per heavy atom. The fraction of sp³-hybridized carbons (Fsp3) is 0.400. The number of para-hydroxylation sites is 1. The summed E-state index contributed by atoms with van der Waals surface area (Å²) in [6, 6.07) is 9.78. The summed E-state index contributed by atoms with van der Waals surface area (Å²) in [6.45, 7) is 4.74. The van der Waals surface area contributed by atoms with Crippen LogP contribution in [0.3, 0.4) is 0 Å². The molecule has 0 radical (unpaired) electrons. The minimum Gasteiger partial charge on any atom is -0.460 e. The molecule has 1 aromatic heterocycles. The normalized spacial score (nSPS) is 12.6. The molecule has 96 valence electrons. The third-order valence-electron chi connectivity index (χ3n) is 3.18. The molecule has 2 aromatic rings. The first-order valence-electron chi connectivity index (χ1n) is 6.37. The maximum Gasteiger partial charge on any atom is 0.232 e. The maximum absolute atomic E-state index is 12.2. The third-order valence-corrected chi connectivity index (χ3v) is 3.18. The molecule has 3 nitrogen and oxygen atoms in total. The second-order valence-corrected chi connectivity index (χ2v) is 4.67. The average Bonchev–Trinajstić information content (AvgIpc) is 2.81. The summed E-state index contributed by atoms with van der Waals surface area (Å²) in [7, 11) is 1.84. The van der Waals surface area contributed by atoms with Crippen molar-refractivity contribution in [2.75, 3.05) is 13.6 Å². The highest BCUT2D eigenvalue weighted by Crippen LogP contribution is 2.25. The van der Waals surface area contributed by atoms with Crippen molar-refractivity contribution in [1.82, 2.24) is 4.90 Å². The molecule has 0 aliphatic rings. The van der Waals surface area contributed by atoms with Gasteiger partial charge in [0.25, 0.3) is 0 Å². The molecule has 0 N–H and O–H groups in total. The predicted octanol–water partition coefficient (Wildman–Crippen LogP) is 3.40. The van der Waals surface area contributed by atoms with Crippen molar-refractivity contribution in [2.45, 2.75) is 26.2 Å². The van der Waals surface area contributed by atoms with E-state index in [1.807, 2.05) is 44.3 Å². The van der Waals surface area contributed by atoms with Crippen molar-refractivity contribution in [3.05, 3.63) is 36.1 Å². The SMILES string of the molecule is CCCN(C)C(=O)[C@@H](C)c1cc2ccccc2o1. The highest BCUT2D eigenvalue weighted by molar-refractivity contribution is 5.85. The van der Waals surface area contributed by atoms with E-state index in [0.717, 1.165) is 29.7 Å². The molecule has 0 bridgehead atoms. The van der Waals surface area contributed by atoms with Gasteiger partial charge in [0, 0.05) is 19.0 Å². The van der Waals surface area contributed by atoms with Crippen LogP contribution in [0.15, 0.2) is 34.7 Å². The fourth-order valence-electron chi connectivity index (χ4n) is 2.11. The number of amides is 1. The monoisotopic (exact) mass is 245 g/mol. The molecule has 0 aliphatic heterocycles. The molecule has 1 aromatic carbocycles. The van der Waals surface area contributed by atoms with Gasteiger partial charge in [-0.05, 0) is 25.5 Å². The van der Waals surface area contributed by atoms with Gasteiger partial charge in [-0.15, -0.1) is 0 Å². The van der Waals surface area contributed by atoms with Crippen LogP contribution < -0.4 is 0 Å². The van der Waals surface area contributed by atoms with E-state index in [9.17, 15) is 4.79 Å². The number of rotatable bonds is 4. The molecule has 1 atom stereocenters. The number of hydrogen-bond acceptors (Lipinski definition) is 2. The molecule has 1 amide bonds. The van der Waals surface area contributed by atoms with Crippen LogP contribution in [0, 0.1) is 0 Å². The molecule has 1 heterocycles. The number of furan rings is 1. The smallest absolute Gasteiger partial charge is 0.232 e. The Hall–Kier alpha value is -1.77. The van der Waals surface area contributed by atoms with Crippen LogP contribution in [-0.2, 0) is 4.79 Å². The van der Waals surface area contributed by atoms with E-state index in [2.05, 4.69) is 6.92 Å².